The molecule has 2 N–H and O–H groups in total. The van der Waals surface area contributed by atoms with Gasteiger partial charge in [-0.3, -0.25) is 0 Å². The van der Waals surface area contributed by atoms with Crippen LogP contribution in [-0.2, 0) is 4.74 Å². The first-order valence-electron chi connectivity index (χ1n) is 6.03. The number of nitrogens with zero attached hydrogens (tertiary/aromatic N) is 1. The minimum absolute atomic E-state index is 0. The molecule has 6 heteroatoms. The molecule has 0 atom stereocenters. The van der Waals surface area contributed by atoms with E-state index in [1.165, 1.54) is 0 Å². The van der Waals surface area contributed by atoms with Crippen molar-refractivity contribution in [3.8, 4) is 0 Å². The number of anilines is 1. The summed E-state index contributed by atoms with van der Waals surface area (Å²) in [4.78, 5) is 14.0. The van der Waals surface area contributed by atoms with Gasteiger partial charge in [-0.2, -0.15) is 0 Å². The van der Waals surface area contributed by atoms with E-state index >= 15 is 0 Å². The van der Waals surface area contributed by atoms with Gasteiger partial charge in [-0.1, -0.05) is 13.8 Å². The third-order valence-corrected chi connectivity index (χ3v) is 3.40. The molecule has 1 rings (SSSR count). The molecule has 1 aromatic rings. The number of halogens is 2. The minimum atomic E-state index is -0.325. The zero-order valence-electron chi connectivity index (χ0n) is 11.2. The number of carbonyl (C=O) groups is 1. The van der Waals surface area contributed by atoms with Gasteiger partial charge in [0.15, 0.2) is 0 Å². The summed E-state index contributed by atoms with van der Waals surface area (Å²) in [6.07, 6.45) is 0. The molecular formula is C13H20BrClN2O2. The highest BCUT2D eigenvalue weighted by Crippen LogP contribution is 2.20. The van der Waals surface area contributed by atoms with Crippen LogP contribution < -0.4 is 5.73 Å². The lowest BCUT2D eigenvalue weighted by molar-refractivity contribution is 0.0465. The van der Waals surface area contributed by atoms with Crippen molar-refractivity contribution in [3.63, 3.8) is 0 Å². The SMILES string of the molecule is CCN(CC)CCOC(=O)c1ccc(N)cc1Br.Cl. The van der Waals surface area contributed by atoms with E-state index < -0.39 is 0 Å². The van der Waals surface area contributed by atoms with Gasteiger partial charge in [0.05, 0.1) is 5.56 Å². The summed E-state index contributed by atoms with van der Waals surface area (Å²) in [6.45, 7) is 7.24. The molecule has 0 heterocycles. The first-order valence-corrected chi connectivity index (χ1v) is 6.82. The Morgan fingerprint density at radius 1 is 1.37 bits per heavy atom. The first-order chi connectivity index (χ1) is 8.58. The van der Waals surface area contributed by atoms with E-state index in [0.717, 1.165) is 19.6 Å². The van der Waals surface area contributed by atoms with Crippen LogP contribution in [0.3, 0.4) is 0 Å². The lowest BCUT2D eigenvalue weighted by Gasteiger charge is -2.17. The van der Waals surface area contributed by atoms with Gasteiger partial charge in [0, 0.05) is 16.7 Å². The fourth-order valence-corrected chi connectivity index (χ4v) is 2.14. The molecule has 0 aliphatic carbocycles. The van der Waals surface area contributed by atoms with Gasteiger partial charge in [0.2, 0.25) is 0 Å². The van der Waals surface area contributed by atoms with Crippen LogP contribution >= 0.6 is 28.3 Å². The Hall–Kier alpha value is -0.780. The second kappa shape index (κ2) is 9.18. The molecule has 0 saturated carbocycles. The summed E-state index contributed by atoms with van der Waals surface area (Å²) in [5.74, 6) is -0.325. The Balaban J connectivity index is 0.00000324. The van der Waals surface area contributed by atoms with Crippen LogP contribution in [0.25, 0.3) is 0 Å². The van der Waals surface area contributed by atoms with E-state index in [4.69, 9.17) is 10.5 Å². The van der Waals surface area contributed by atoms with Gasteiger partial charge in [-0.15, -0.1) is 12.4 Å². The van der Waals surface area contributed by atoms with E-state index in [1.807, 2.05) is 0 Å². The van der Waals surface area contributed by atoms with Gasteiger partial charge in [0.25, 0.3) is 0 Å². The van der Waals surface area contributed by atoms with Crippen molar-refractivity contribution < 1.29 is 9.53 Å². The van der Waals surface area contributed by atoms with Crippen LogP contribution in [0.4, 0.5) is 5.69 Å². The molecule has 4 nitrogen and oxygen atoms in total. The van der Waals surface area contributed by atoms with Crippen LogP contribution in [0.15, 0.2) is 22.7 Å². The van der Waals surface area contributed by atoms with Crippen molar-refractivity contribution in [2.24, 2.45) is 0 Å². The number of likely N-dealkylation sites (N-methyl/N-ethyl adjacent to an activating group) is 1. The zero-order valence-corrected chi connectivity index (χ0v) is 13.6. The van der Waals surface area contributed by atoms with Crippen molar-refractivity contribution in [1.29, 1.82) is 0 Å². The Morgan fingerprint density at radius 3 is 2.53 bits per heavy atom. The number of nitrogens with two attached hydrogens (primary N) is 1. The molecule has 0 bridgehead atoms. The number of rotatable bonds is 6. The molecule has 0 radical (unpaired) electrons. The summed E-state index contributed by atoms with van der Waals surface area (Å²) in [5, 5.41) is 0. The number of esters is 1. The first kappa shape index (κ1) is 18.2. The predicted octanol–water partition coefficient (Wildman–Crippen LogP) is 2.95. The molecule has 19 heavy (non-hydrogen) atoms. The second-order valence-corrected chi connectivity index (χ2v) is 4.76. The van der Waals surface area contributed by atoms with Crippen LogP contribution in [0.5, 0.6) is 0 Å². The predicted molar refractivity (Wildman–Crippen MR) is 83.9 cm³/mol. The maximum Gasteiger partial charge on any atom is 0.339 e. The van der Waals surface area contributed by atoms with Gasteiger partial charge < -0.3 is 15.4 Å². The summed E-state index contributed by atoms with van der Waals surface area (Å²) in [6, 6.07) is 5.05. The normalized spacial score (nSPS) is 10.1. The zero-order chi connectivity index (χ0) is 13.5. The monoisotopic (exact) mass is 350 g/mol. The molecular weight excluding hydrogens is 332 g/mol. The van der Waals surface area contributed by atoms with E-state index in [-0.39, 0.29) is 18.4 Å². The Labute approximate surface area is 128 Å². The van der Waals surface area contributed by atoms with Crippen molar-refractivity contribution >= 4 is 40.0 Å². The van der Waals surface area contributed by atoms with Crippen molar-refractivity contribution in [3.05, 3.63) is 28.2 Å². The molecule has 0 aromatic heterocycles. The highest BCUT2D eigenvalue weighted by molar-refractivity contribution is 9.10. The average molecular weight is 352 g/mol. The fourth-order valence-electron chi connectivity index (χ4n) is 1.58. The molecule has 0 unspecified atom stereocenters. The average Bonchev–Trinajstić information content (AvgIpc) is 2.34. The van der Waals surface area contributed by atoms with Crippen LogP contribution in [0.1, 0.15) is 24.2 Å². The fraction of sp³-hybridized carbons (Fsp3) is 0.462. The number of hydrogen-bond acceptors (Lipinski definition) is 4. The Morgan fingerprint density at radius 2 is 2.00 bits per heavy atom. The molecule has 0 aliphatic heterocycles. The number of benzene rings is 1. The molecule has 0 spiro atoms. The summed E-state index contributed by atoms with van der Waals surface area (Å²) < 4.78 is 5.89. The van der Waals surface area contributed by atoms with Crippen molar-refractivity contribution in [2.45, 2.75) is 13.8 Å². The standard InChI is InChI=1S/C13H19BrN2O2.ClH/c1-3-16(4-2)7-8-18-13(17)11-6-5-10(15)9-12(11)14;/h5-6,9H,3-4,7-8,15H2,1-2H3;1H. The number of hydrogen-bond donors (Lipinski definition) is 1. The number of carbonyl (C=O) groups excluding carboxylic acids is 1. The van der Waals surface area contributed by atoms with Gasteiger partial charge in [0.1, 0.15) is 6.61 Å². The molecule has 1 aromatic carbocycles. The lowest BCUT2D eigenvalue weighted by Crippen LogP contribution is -2.27. The summed E-state index contributed by atoms with van der Waals surface area (Å²) >= 11 is 3.30. The lowest BCUT2D eigenvalue weighted by atomic mass is 10.2. The summed E-state index contributed by atoms with van der Waals surface area (Å²) in [5.41, 5.74) is 6.73. The van der Waals surface area contributed by atoms with Crippen molar-refractivity contribution in [1.82, 2.24) is 4.90 Å². The molecule has 0 aliphatic rings. The maximum absolute atomic E-state index is 11.8. The third-order valence-electron chi connectivity index (χ3n) is 2.75. The number of nitrogen functional groups attached to an aromatic ring is 1. The van der Waals surface area contributed by atoms with Crippen LogP contribution in [0.2, 0.25) is 0 Å². The maximum atomic E-state index is 11.8. The largest absolute Gasteiger partial charge is 0.461 e. The highest BCUT2D eigenvalue weighted by Gasteiger charge is 2.11. The quantitative estimate of drug-likeness (QED) is 0.632. The van der Waals surface area contributed by atoms with Gasteiger partial charge in [-0.05, 0) is 47.2 Å². The smallest absolute Gasteiger partial charge is 0.339 e. The third kappa shape index (κ3) is 5.80. The summed E-state index contributed by atoms with van der Waals surface area (Å²) in [7, 11) is 0. The van der Waals surface area contributed by atoms with Crippen molar-refractivity contribution in [2.75, 3.05) is 32.0 Å². The second-order valence-electron chi connectivity index (χ2n) is 3.90. The van der Waals surface area contributed by atoms with Crippen LogP contribution in [-0.4, -0.2) is 37.1 Å². The van der Waals surface area contributed by atoms with E-state index in [2.05, 4.69) is 34.7 Å². The highest BCUT2D eigenvalue weighted by atomic mass is 79.9. The van der Waals surface area contributed by atoms with Crippen LogP contribution in [0, 0.1) is 0 Å². The van der Waals surface area contributed by atoms with E-state index in [9.17, 15) is 4.79 Å². The topological polar surface area (TPSA) is 55.6 Å². The molecule has 0 fully saturated rings. The van der Waals surface area contributed by atoms with E-state index in [1.54, 1.807) is 18.2 Å². The van der Waals surface area contributed by atoms with Gasteiger partial charge in [-0.25, -0.2) is 4.79 Å². The molecule has 108 valence electrons. The van der Waals surface area contributed by atoms with Gasteiger partial charge >= 0.3 is 5.97 Å². The number of ether oxygens (including phenoxy) is 1. The Kier molecular flexibility index (Phi) is 8.80. The minimum Gasteiger partial charge on any atom is -0.461 e. The molecule has 0 amide bonds. The van der Waals surface area contributed by atoms with E-state index in [0.29, 0.717) is 22.3 Å². The Bertz CT molecular complexity index is 412. The molecule has 0 saturated heterocycles.